The molecule has 0 radical (unpaired) electrons. The Balaban J connectivity index is 2.53. The first-order chi connectivity index (χ1) is 9.56. The molecule has 2 rings (SSSR count). The van der Waals surface area contributed by atoms with Gasteiger partial charge in [-0.1, -0.05) is 6.07 Å². The number of hydrogen-bond acceptors (Lipinski definition) is 5. The van der Waals surface area contributed by atoms with Crippen molar-refractivity contribution in [1.82, 2.24) is 9.97 Å². The second kappa shape index (κ2) is 5.60. The smallest absolute Gasteiger partial charge is 0.236 e. The first-order valence-electron chi connectivity index (χ1n) is 5.52. The van der Waals surface area contributed by atoms with E-state index in [1.165, 1.54) is 20.3 Å². The molecule has 0 aliphatic carbocycles. The van der Waals surface area contributed by atoms with E-state index in [2.05, 4.69) is 9.97 Å². The molecule has 1 aromatic heterocycles. The molecule has 0 saturated carbocycles. The van der Waals surface area contributed by atoms with Crippen LogP contribution >= 0.6 is 0 Å². The van der Waals surface area contributed by atoms with Crippen molar-refractivity contribution in [2.45, 2.75) is 0 Å². The van der Waals surface area contributed by atoms with Crippen molar-refractivity contribution >= 4 is 5.78 Å². The van der Waals surface area contributed by atoms with Crippen molar-refractivity contribution in [2.75, 3.05) is 14.2 Å². The lowest BCUT2D eigenvalue weighted by molar-refractivity contribution is 0.101. The van der Waals surface area contributed by atoms with E-state index < -0.39 is 28.8 Å². The number of methoxy groups -OCH3 is 2. The SMILES string of the molecule is COc1cc(OC)nc(C(=O)c2c(F)cccc2F)n1. The Morgan fingerprint density at radius 2 is 1.55 bits per heavy atom. The van der Waals surface area contributed by atoms with Gasteiger partial charge in [0.25, 0.3) is 0 Å². The third kappa shape index (κ3) is 2.56. The fraction of sp³-hybridized carbons (Fsp3) is 0.154. The highest BCUT2D eigenvalue weighted by Gasteiger charge is 2.22. The van der Waals surface area contributed by atoms with Crippen molar-refractivity contribution in [1.29, 1.82) is 0 Å². The van der Waals surface area contributed by atoms with Gasteiger partial charge in [0.1, 0.15) is 11.6 Å². The molecule has 5 nitrogen and oxygen atoms in total. The number of nitrogens with zero attached hydrogens (tertiary/aromatic N) is 2. The van der Waals surface area contributed by atoms with Crippen molar-refractivity contribution < 1.29 is 23.0 Å². The maximum Gasteiger partial charge on any atom is 0.236 e. The maximum absolute atomic E-state index is 13.6. The quantitative estimate of drug-likeness (QED) is 0.802. The van der Waals surface area contributed by atoms with Gasteiger partial charge in [0.2, 0.25) is 23.4 Å². The Labute approximate surface area is 113 Å². The molecule has 1 aromatic carbocycles. The van der Waals surface area contributed by atoms with Gasteiger partial charge in [-0.25, -0.2) is 8.78 Å². The van der Waals surface area contributed by atoms with Gasteiger partial charge in [0.05, 0.1) is 25.8 Å². The highest BCUT2D eigenvalue weighted by molar-refractivity contribution is 6.07. The van der Waals surface area contributed by atoms with E-state index in [4.69, 9.17) is 9.47 Å². The molecule has 0 saturated heterocycles. The first-order valence-corrected chi connectivity index (χ1v) is 5.52. The largest absolute Gasteiger partial charge is 0.481 e. The Bertz CT molecular complexity index is 620. The normalized spacial score (nSPS) is 10.2. The molecule has 1 heterocycles. The van der Waals surface area contributed by atoms with Gasteiger partial charge in [-0.15, -0.1) is 0 Å². The van der Waals surface area contributed by atoms with Crippen LogP contribution in [0.2, 0.25) is 0 Å². The monoisotopic (exact) mass is 280 g/mol. The number of rotatable bonds is 4. The highest BCUT2D eigenvalue weighted by atomic mass is 19.1. The summed E-state index contributed by atoms with van der Waals surface area (Å²) in [5, 5.41) is 0. The third-order valence-corrected chi connectivity index (χ3v) is 2.49. The van der Waals surface area contributed by atoms with E-state index >= 15 is 0 Å². The van der Waals surface area contributed by atoms with Crippen LogP contribution < -0.4 is 9.47 Å². The van der Waals surface area contributed by atoms with E-state index in [1.807, 2.05) is 0 Å². The van der Waals surface area contributed by atoms with Gasteiger partial charge in [-0.3, -0.25) is 4.79 Å². The molecule has 0 fully saturated rings. The Kier molecular flexibility index (Phi) is 3.88. The standard InChI is InChI=1S/C13H10F2N2O3/c1-19-9-6-10(20-2)17-13(16-9)12(18)11-7(14)4-3-5-8(11)15/h3-6H,1-2H3. The summed E-state index contributed by atoms with van der Waals surface area (Å²) >= 11 is 0. The summed E-state index contributed by atoms with van der Waals surface area (Å²) in [5.41, 5.74) is -0.720. The predicted octanol–water partition coefficient (Wildman–Crippen LogP) is 2.00. The Morgan fingerprint density at radius 3 is 2.00 bits per heavy atom. The second-order valence-corrected chi connectivity index (χ2v) is 3.70. The predicted molar refractivity (Wildman–Crippen MR) is 64.9 cm³/mol. The zero-order valence-corrected chi connectivity index (χ0v) is 10.7. The number of ether oxygens (including phenoxy) is 2. The van der Waals surface area contributed by atoms with E-state index in [9.17, 15) is 13.6 Å². The molecule has 2 aromatic rings. The first kappa shape index (κ1) is 13.9. The van der Waals surface area contributed by atoms with E-state index in [-0.39, 0.29) is 11.8 Å². The molecule has 0 spiro atoms. The van der Waals surface area contributed by atoms with E-state index in [0.717, 1.165) is 18.2 Å². The molecule has 20 heavy (non-hydrogen) atoms. The summed E-state index contributed by atoms with van der Waals surface area (Å²) in [4.78, 5) is 19.6. The van der Waals surface area contributed by atoms with Crippen molar-refractivity contribution in [3.63, 3.8) is 0 Å². The lowest BCUT2D eigenvalue weighted by Gasteiger charge is -2.06. The summed E-state index contributed by atoms with van der Waals surface area (Å²) in [6.07, 6.45) is 0. The fourth-order valence-corrected chi connectivity index (χ4v) is 1.54. The minimum absolute atomic E-state index is 0.0527. The molecule has 7 heteroatoms. The van der Waals surface area contributed by atoms with Crippen molar-refractivity contribution in [3.8, 4) is 11.8 Å². The maximum atomic E-state index is 13.6. The number of ketones is 1. The molecular weight excluding hydrogens is 270 g/mol. The van der Waals surface area contributed by atoms with Gasteiger partial charge < -0.3 is 9.47 Å². The van der Waals surface area contributed by atoms with Crippen LogP contribution in [-0.4, -0.2) is 30.0 Å². The molecule has 0 N–H and O–H groups in total. The average molecular weight is 280 g/mol. The number of carbonyl (C=O) groups excluding carboxylic acids is 1. The van der Waals surface area contributed by atoms with Gasteiger partial charge in [0, 0.05) is 0 Å². The molecule has 0 bridgehead atoms. The number of carbonyl (C=O) groups is 1. The van der Waals surface area contributed by atoms with Crippen LogP contribution in [0.25, 0.3) is 0 Å². The zero-order chi connectivity index (χ0) is 14.7. The number of hydrogen-bond donors (Lipinski definition) is 0. The zero-order valence-electron chi connectivity index (χ0n) is 10.7. The molecule has 0 aliphatic heterocycles. The average Bonchev–Trinajstić information content (AvgIpc) is 2.46. The van der Waals surface area contributed by atoms with Gasteiger partial charge in [-0.05, 0) is 12.1 Å². The Morgan fingerprint density at radius 1 is 1.05 bits per heavy atom. The van der Waals surface area contributed by atoms with Crippen molar-refractivity contribution in [3.05, 3.63) is 47.3 Å². The summed E-state index contributed by atoms with van der Waals surface area (Å²) in [5.74, 6) is -3.27. The lowest BCUT2D eigenvalue weighted by atomic mass is 10.1. The van der Waals surface area contributed by atoms with Crippen molar-refractivity contribution in [2.24, 2.45) is 0 Å². The summed E-state index contributed by atoms with van der Waals surface area (Å²) < 4.78 is 36.9. The fourth-order valence-electron chi connectivity index (χ4n) is 1.54. The van der Waals surface area contributed by atoms with Gasteiger partial charge in [-0.2, -0.15) is 9.97 Å². The van der Waals surface area contributed by atoms with E-state index in [0.29, 0.717) is 0 Å². The minimum Gasteiger partial charge on any atom is -0.481 e. The number of halogens is 2. The van der Waals surface area contributed by atoms with Gasteiger partial charge >= 0.3 is 0 Å². The lowest BCUT2D eigenvalue weighted by Crippen LogP contribution is -2.12. The third-order valence-electron chi connectivity index (χ3n) is 2.49. The molecule has 0 amide bonds. The molecule has 0 unspecified atom stereocenters. The molecule has 0 aliphatic rings. The van der Waals surface area contributed by atoms with Crippen LogP contribution in [0.15, 0.2) is 24.3 Å². The van der Waals surface area contributed by atoms with Crippen LogP contribution in [0.3, 0.4) is 0 Å². The van der Waals surface area contributed by atoms with Crippen LogP contribution in [0.1, 0.15) is 16.2 Å². The van der Waals surface area contributed by atoms with Crippen LogP contribution in [0, 0.1) is 11.6 Å². The second-order valence-electron chi connectivity index (χ2n) is 3.70. The van der Waals surface area contributed by atoms with E-state index in [1.54, 1.807) is 0 Å². The summed E-state index contributed by atoms with van der Waals surface area (Å²) in [7, 11) is 2.67. The molecule has 104 valence electrons. The van der Waals surface area contributed by atoms with Crippen LogP contribution in [0.5, 0.6) is 11.8 Å². The topological polar surface area (TPSA) is 61.3 Å². The highest BCUT2D eigenvalue weighted by Crippen LogP contribution is 2.19. The minimum atomic E-state index is -0.988. The number of benzene rings is 1. The summed E-state index contributed by atoms with van der Waals surface area (Å²) in [6, 6.07) is 4.46. The molecule has 0 atom stereocenters. The van der Waals surface area contributed by atoms with Crippen LogP contribution in [0.4, 0.5) is 8.78 Å². The molecular formula is C13H10F2N2O3. The number of aromatic nitrogens is 2. The summed E-state index contributed by atoms with van der Waals surface area (Å²) in [6.45, 7) is 0. The Hall–Kier alpha value is -2.57. The van der Waals surface area contributed by atoms with Gasteiger partial charge in [0.15, 0.2) is 0 Å². The van der Waals surface area contributed by atoms with Crippen LogP contribution in [-0.2, 0) is 0 Å².